The van der Waals surface area contributed by atoms with E-state index in [-0.39, 0.29) is 29.1 Å². The van der Waals surface area contributed by atoms with Crippen molar-refractivity contribution in [2.45, 2.75) is 69.5 Å². The summed E-state index contributed by atoms with van der Waals surface area (Å²) < 4.78 is 40.3. The zero-order valence-electron chi connectivity index (χ0n) is 25.1. The molecule has 0 spiro atoms. The number of sulfonamides is 1. The summed E-state index contributed by atoms with van der Waals surface area (Å²) in [5.74, 6) is 0.151. The van der Waals surface area contributed by atoms with E-state index in [0.29, 0.717) is 18.1 Å². The number of hydrogen-bond donors (Lipinski definition) is 1. The van der Waals surface area contributed by atoms with Crippen molar-refractivity contribution in [1.29, 1.82) is 0 Å². The van der Waals surface area contributed by atoms with Crippen molar-refractivity contribution < 1.29 is 27.5 Å². The fourth-order valence-corrected chi connectivity index (χ4v) is 6.74. The summed E-state index contributed by atoms with van der Waals surface area (Å²) in [5, 5.41) is 3.12. The van der Waals surface area contributed by atoms with Gasteiger partial charge in [0.15, 0.2) is 0 Å². The van der Waals surface area contributed by atoms with Crippen LogP contribution in [0.15, 0.2) is 83.8 Å². The zero-order chi connectivity index (χ0) is 30.8. The van der Waals surface area contributed by atoms with Crippen molar-refractivity contribution in [2.24, 2.45) is 0 Å². The van der Waals surface area contributed by atoms with Crippen LogP contribution in [-0.4, -0.2) is 57.5 Å². The van der Waals surface area contributed by atoms with E-state index in [4.69, 9.17) is 9.47 Å². The summed E-state index contributed by atoms with van der Waals surface area (Å²) in [6.45, 7) is 3.35. The number of nitrogens with one attached hydrogen (secondary N) is 1. The van der Waals surface area contributed by atoms with Crippen LogP contribution >= 0.6 is 0 Å². The minimum absolute atomic E-state index is 0.0385. The van der Waals surface area contributed by atoms with Gasteiger partial charge in [-0.1, -0.05) is 61.7 Å². The smallest absolute Gasteiger partial charge is 0.264 e. The number of ether oxygens (including phenoxy) is 2. The molecule has 3 aromatic carbocycles. The highest BCUT2D eigenvalue weighted by molar-refractivity contribution is 7.92. The molecule has 1 aliphatic rings. The van der Waals surface area contributed by atoms with Crippen LogP contribution in [0.5, 0.6) is 11.5 Å². The van der Waals surface area contributed by atoms with Crippen LogP contribution in [0, 0.1) is 0 Å². The predicted molar refractivity (Wildman–Crippen MR) is 167 cm³/mol. The standard InChI is InChI=1S/C33H41N3O6S/c1-4-42-31-21-12-11-20-30(31)36(43(39,40)29-18-9-6-10-19-29)24-32(37)35(23-26-14-13-17-28(22-26)41-3)25(2)33(38)34-27-15-7-5-8-16-27/h6,9-14,17-22,25,27H,4-5,7-8,15-16,23-24H2,1-3H3,(H,34,38)/t25-/m1/s1. The Morgan fingerprint density at radius 3 is 2.35 bits per heavy atom. The Morgan fingerprint density at radius 2 is 1.65 bits per heavy atom. The van der Waals surface area contributed by atoms with Crippen LogP contribution in [0.1, 0.15) is 51.5 Å². The number of benzene rings is 3. The third-order valence-electron chi connectivity index (χ3n) is 7.65. The van der Waals surface area contributed by atoms with Gasteiger partial charge in [0, 0.05) is 12.6 Å². The summed E-state index contributed by atoms with van der Waals surface area (Å²) in [6, 6.07) is 21.2. The van der Waals surface area contributed by atoms with Crippen LogP contribution in [0.4, 0.5) is 5.69 Å². The average Bonchev–Trinajstić information content (AvgIpc) is 3.03. The summed E-state index contributed by atoms with van der Waals surface area (Å²) in [6.07, 6.45) is 5.06. The minimum Gasteiger partial charge on any atom is -0.497 e. The molecule has 2 amide bonds. The lowest BCUT2D eigenvalue weighted by molar-refractivity contribution is -0.139. The molecule has 4 rings (SSSR count). The fraction of sp³-hybridized carbons (Fsp3) is 0.394. The normalized spacial score (nSPS) is 14.4. The molecule has 1 fully saturated rings. The summed E-state index contributed by atoms with van der Waals surface area (Å²) in [5.41, 5.74) is 0.986. The van der Waals surface area contributed by atoms with Crippen molar-refractivity contribution >= 4 is 27.5 Å². The Kier molecular flexibility index (Phi) is 11.1. The second-order valence-electron chi connectivity index (χ2n) is 10.6. The molecule has 1 aliphatic carbocycles. The lowest BCUT2D eigenvalue weighted by Gasteiger charge is -2.33. The quantitative estimate of drug-likeness (QED) is 0.288. The third kappa shape index (κ3) is 8.07. The lowest BCUT2D eigenvalue weighted by atomic mass is 9.95. The van der Waals surface area contributed by atoms with Crippen molar-refractivity contribution in [3.8, 4) is 11.5 Å². The first-order valence-electron chi connectivity index (χ1n) is 14.8. The van der Waals surface area contributed by atoms with E-state index < -0.39 is 28.5 Å². The molecule has 0 bridgehead atoms. The summed E-state index contributed by atoms with van der Waals surface area (Å²) in [7, 11) is -2.63. The van der Waals surface area contributed by atoms with Gasteiger partial charge in [-0.3, -0.25) is 13.9 Å². The molecular weight excluding hydrogens is 566 g/mol. The largest absolute Gasteiger partial charge is 0.497 e. The average molecular weight is 608 g/mol. The highest BCUT2D eigenvalue weighted by atomic mass is 32.2. The summed E-state index contributed by atoms with van der Waals surface area (Å²) in [4.78, 5) is 29.2. The number of carbonyl (C=O) groups excluding carboxylic acids is 2. The molecule has 1 N–H and O–H groups in total. The number of amides is 2. The van der Waals surface area contributed by atoms with Crippen LogP contribution in [-0.2, 0) is 26.2 Å². The molecule has 0 aromatic heterocycles. The van der Waals surface area contributed by atoms with E-state index in [2.05, 4.69) is 5.32 Å². The lowest BCUT2D eigenvalue weighted by Crippen LogP contribution is -2.53. The number of carbonyl (C=O) groups is 2. The predicted octanol–water partition coefficient (Wildman–Crippen LogP) is 5.16. The second-order valence-corrected chi connectivity index (χ2v) is 12.5. The van der Waals surface area contributed by atoms with Gasteiger partial charge in [-0.2, -0.15) is 0 Å². The molecule has 1 atom stereocenters. The highest BCUT2D eigenvalue weighted by Gasteiger charge is 2.34. The Balaban J connectivity index is 1.71. The number of methoxy groups -OCH3 is 1. The molecule has 0 saturated heterocycles. The fourth-order valence-electron chi connectivity index (χ4n) is 5.29. The van der Waals surface area contributed by atoms with Gasteiger partial charge >= 0.3 is 0 Å². The third-order valence-corrected chi connectivity index (χ3v) is 9.42. The maximum Gasteiger partial charge on any atom is 0.264 e. The Hall–Kier alpha value is -4.05. The second kappa shape index (κ2) is 14.9. The van der Waals surface area contributed by atoms with Gasteiger partial charge in [-0.05, 0) is 68.7 Å². The number of anilines is 1. The molecule has 0 aliphatic heterocycles. The van der Waals surface area contributed by atoms with Gasteiger partial charge in [0.05, 0.1) is 24.3 Å². The topological polar surface area (TPSA) is 105 Å². The van der Waals surface area contributed by atoms with Crippen molar-refractivity contribution in [3.05, 3.63) is 84.4 Å². The first kappa shape index (κ1) is 31.9. The monoisotopic (exact) mass is 607 g/mol. The first-order valence-corrected chi connectivity index (χ1v) is 16.2. The van der Waals surface area contributed by atoms with Gasteiger partial charge in [-0.15, -0.1) is 0 Å². The van der Waals surface area contributed by atoms with E-state index in [1.165, 1.54) is 17.0 Å². The van der Waals surface area contributed by atoms with Crippen molar-refractivity contribution in [3.63, 3.8) is 0 Å². The Morgan fingerprint density at radius 1 is 0.953 bits per heavy atom. The Bertz CT molecular complexity index is 1470. The molecule has 0 radical (unpaired) electrons. The van der Waals surface area contributed by atoms with E-state index in [9.17, 15) is 18.0 Å². The maximum atomic E-state index is 14.2. The molecule has 230 valence electrons. The van der Waals surface area contributed by atoms with Crippen LogP contribution in [0.25, 0.3) is 0 Å². The van der Waals surface area contributed by atoms with Crippen LogP contribution in [0.3, 0.4) is 0 Å². The Labute approximate surface area is 254 Å². The molecule has 43 heavy (non-hydrogen) atoms. The van der Waals surface area contributed by atoms with Gasteiger partial charge in [0.1, 0.15) is 24.1 Å². The van der Waals surface area contributed by atoms with Crippen LogP contribution < -0.4 is 19.1 Å². The molecular formula is C33H41N3O6S. The maximum absolute atomic E-state index is 14.2. The number of nitrogens with zero attached hydrogens (tertiary/aromatic N) is 2. The van der Waals surface area contributed by atoms with Gasteiger partial charge in [0.25, 0.3) is 10.0 Å². The zero-order valence-corrected chi connectivity index (χ0v) is 25.9. The van der Waals surface area contributed by atoms with E-state index >= 15 is 0 Å². The minimum atomic E-state index is -4.19. The van der Waals surface area contributed by atoms with Gasteiger partial charge in [0.2, 0.25) is 11.8 Å². The molecule has 1 saturated carbocycles. The van der Waals surface area contributed by atoms with E-state index in [1.54, 1.807) is 75.6 Å². The van der Waals surface area contributed by atoms with Gasteiger partial charge < -0.3 is 19.7 Å². The SMILES string of the molecule is CCOc1ccccc1N(CC(=O)N(Cc1cccc(OC)c1)[C@H](C)C(=O)NC1CCCCC1)S(=O)(=O)c1ccccc1. The van der Waals surface area contributed by atoms with Gasteiger partial charge in [-0.25, -0.2) is 8.42 Å². The summed E-state index contributed by atoms with van der Waals surface area (Å²) >= 11 is 0. The number of para-hydroxylation sites is 2. The van der Waals surface area contributed by atoms with Crippen LogP contribution in [0.2, 0.25) is 0 Å². The number of rotatable bonds is 13. The van der Waals surface area contributed by atoms with Crippen molar-refractivity contribution in [2.75, 3.05) is 24.6 Å². The molecule has 0 heterocycles. The first-order chi connectivity index (χ1) is 20.7. The van der Waals surface area contributed by atoms with E-state index in [1.807, 2.05) is 12.1 Å². The molecule has 3 aromatic rings. The molecule has 9 nitrogen and oxygen atoms in total. The molecule has 0 unspecified atom stereocenters. The number of hydrogen-bond acceptors (Lipinski definition) is 6. The van der Waals surface area contributed by atoms with Crippen molar-refractivity contribution in [1.82, 2.24) is 10.2 Å². The highest BCUT2D eigenvalue weighted by Crippen LogP contribution is 2.33. The molecule has 10 heteroatoms. The van der Waals surface area contributed by atoms with E-state index in [0.717, 1.165) is 42.0 Å².